The van der Waals surface area contributed by atoms with Gasteiger partial charge in [0.25, 0.3) is 0 Å². The third kappa shape index (κ3) is 4.68. The van der Waals surface area contributed by atoms with Crippen molar-refractivity contribution in [3.8, 4) is 0 Å². The van der Waals surface area contributed by atoms with Crippen LogP contribution < -0.4 is 10.2 Å². The number of thiophene rings is 1. The molecule has 0 unspecified atom stereocenters. The highest BCUT2D eigenvalue weighted by molar-refractivity contribution is 7.20. The molecule has 0 radical (unpaired) electrons. The van der Waals surface area contributed by atoms with Gasteiger partial charge in [-0.1, -0.05) is 30.3 Å². The van der Waals surface area contributed by atoms with Gasteiger partial charge in [-0.05, 0) is 61.6 Å². The molecule has 7 heteroatoms. The van der Waals surface area contributed by atoms with E-state index in [1.165, 1.54) is 42.6 Å². The number of carbonyl (C=O) groups excluding carboxylic acids is 1. The zero-order valence-corrected chi connectivity index (χ0v) is 19.4. The Labute approximate surface area is 197 Å². The number of carbonyl (C=O) groups is 1. The average Bonchev–Trinajstić information content (AvgIpc) is 3.21. The summed E-state index contributed by atoms with van der Waals surface area (Å²) in [6.45, 7) is 4.41. The van der Waals surface area contributed by atoms with Gasteiger partial charge < -0.3 is 15.0 Å². The zero-order chi connectivity index (χ0) is 22.6. The quantitative estimate of drug-likeness (QED) is 0.353. The highest BCUT2D eigenvalue weighted by Crippen LogP contribution is 2.35. The smallest absolute Gasteiger partial charge is 0.349 e. The summed E-state index contributed by atoms with van der Waals surface area (Å²) in [6, 6.07) is 18.1. The summed E-state index contributed by atoms with van der Waals surface area (Å²) in [5.74, 6) is 0.359. The van der Waals surface area contributed by atoms with Crippen molar-refractivity contribution in [2.45, 2.75) is 32.8 Å². The summed E-state index contributed by atoms with van der Waals surface area (Å²) < 4.78 is 5.55. The fourth-order valence-electron chi connectivity index (χ4n) is 4.19. The van der Waals surface area contributed by atoms with Gasteiger partial charge in [0, 0.05) is 24.5 Å². The Hall–Kier alpha value is -3.45. The number of hydrogen-bond acceptors (Lipinski definition) is 7. The third-order valence-corrected chi connectivity index (χ3v) is 7.16. The van der Waals surface area contributed by atoms with Gasteiger partial charge in [0.1, 0.15) is 28.5 Å². The van der Waals surface area contributed by atoms with Gasteiger partial charge in [-0.25, -0.2) is 14.8 Å². The van der Waals surface area contributed by atoms with Crippen LogP contribution in [0.25, 0.3) is 10.2 Å². The lowest BCUT2D eigenvalue weighted by atomic mass is 10.1. The predicted octanol–water partition coefficient (Wildman–Crippen LogP) is 6.09. The molecule has 0 atom stereocenters. The van der Waals surface area contributed by atoms with Crippen LogP contribution in [0.4, 0.5) is 17.2 Å². The van der Waals surface area contributed by atoms with Crippen LogP contribution in [-0.4, -0.2) is 29.0 Å². The second-order valence-corrected chi connectivity index (χ2v) is 9.24. The number of hydrogen-bond donors (Lipinski definition) is 1. The Morgan fingerprint density at radius 3 is 2.55 bits per heavy atom. The number of aromatic nitrogens is 2. The van der Waals surface area contributed by atoms with Crippen molar-refractivity contribution in [2.24, 2.45) is 0 Å². The van der Waals surface area contributed by atoms with Crippen molar-refractivity contribution in [1.82, 2.24) is 9.97 Å². The van der Waals surface area contributed by atoms with Gasteiger partial charge >= 0.3 is 5.97 Å². The molecule has 1 aliphatic rings. The van der Waals surface area contributed by atoms with E-state index in [-0.39, 0.29) is 12.6 Å². The monoisotopic (exact) mass is 458 g/mol. The SMILES string of the molecule is Cc1c(C(=O)OCc2ccccc2)sc2ncnc(Nc3ccc(N4CCCCC4)cc3)c12. The van der Waals surface area contributed by atoms with Crippen molar-refractivity contribution < 1.29 is 9.53 Å². The summed E-state index contributed by atoms with van der Waals surface area (Å²) in [4.78, 5) is 25.4. The Morgan fingerprint density at radius 2 is 1.79 bits per heavy atom. The summed E-state index contributed by atoms with van der Waals surface area (Å²) >= 11 is 1.34. The van der Waals surface area contributed by atoms with Crippen LogP contribution in [0, 0.1) is 6.92 Å². The molecule has 2 aromatic heterocycles. The van der Waals surface area contributed by atoms with Crippen molar-refractivity contribution in [3.63, 3.8) is 0 Å². The Balaban J connectivity index is 1.35. The zero-order valence-electron chi connectivity index (χ0n) is 18.6. The minimum absolute atomic E-state index is 0.244. The molecular weight excluding hydrogens is 432 g/mol. The average molecular weight is 459 g/mol. The van der Waals surface area contributed by atoms with E-state index >= 15 is 0 Å². The standard InChI is InChI=1S/C26H26N4O2S/c1-18-22-24(29-20-10-12-21(13-11-20)30-14-6-3-7-15-30)27-17-28-25(22)33-23(18)26(31)32-16-19-8-4-2-5-9-19/h2,4-5,8-13,17H,3,6-7,14-16H2,1H3,(H,27,28,29). The van der Waals surface area contributed by atoms with Gasteiger partial charge in [-0.15, -0.1) is 11.3 Å². The Bertz CT molecular complexity index is 1250. The van der Waals surface area contributed by atoms with Crippen molar-refractivity contribution in [1.29, 1.82) is 0 Å². The van der Waals surface area contributed by atoms with Crippen LogP contribution in [-0.2, 0) is 11.3 Å². The minimum atomic E-state index is -0.337. The number of benzene rings is 2. The molecule has 1 saturated heterocycles. The number of ether oxygens (including phenoxy) is 1. The van der Waals surface area contributed by atoms with E-state index in [1.807, 2.05) is 37.3 Å². The number of nitrogens with zero attached hydrogens (tertiary/aromatic N) is 3. The number of aryl methyl sites for hydroxylation is 1. The maximum atomic E-state index is 12.8. The van der Waals surface area contributed by atoms with Crippen LogP contribution >= 0.6 is 11.3 Å². The molecule has 1 fully saturated rings. The second kappa shape index (κ2) is 9.58. The van der Waals surface area contributed by atoms with Crippen LogP contribution in [0.1, 0.15) is 40.1 Å². The topological polar surface area (TPSA) is 67.3 Å². The molecule has 6 nitrogen and oxygen atoms in total. The third-order valence-electron chi connectivity index (χ3n) is 5.98. The first-order valence-corrected chi connectivity index (χ1v) is 12.1. The van der Waals surface area contributed by atoms with Gasteiger partial charge in [-0.2, -0.15) is 0 Å². The van der Waals surface area contributed by atoms with Crippen molar-refractivity contribution >= 4 is 44.7 Å². The van der Waals surface area contributed by atoms with Crippen LogP contribution in [0.15, 0.2) is 60.9 Å². The van der Waals surface area contributed by atoms with E-state index < -0.39 is 0 Å². The number of anilines is 3. The fourth-order valence-corrected chi connectivity index (χ4v) is 5.24. The molecule has 0 spiro atoms. The lowest BCUT2D eigenvalue weighted by molar-refractivity contribution is 0.0478. The molecular formula is C26H26N4O2S. The van der Waals surface area contributed by atoms with Crippen LogP contribution in [0.3, 0.4) is 0 Å². The summed E-state index contributed by atoms with van der Waals surface area (Å²) in [7, 11) is 0. The first-order valence-electron chi connectivity index (χ1n) is 11.3. The van der Waals surface area contributed by atoms with E-state index in [0.29, 0.717) is 10.7 Å². The van der Waals surface area contributed by atoms with E-state index in [0.717, 1.165) is 40.1 Å². The van der Waals surface area contributed by atoms with Crippen LogP contribution in [0.2, 0.25) is 0 Å². The molecule has 0 saturated carbocycles. The van der Waals surface area contributed by atoms with Crippen molar-refractivity contribution in [3.05, 3.63) is 76.9 Å². The van der Waals surface area contributed by atoms with Gasteiger partial charge in [0.15, 0.2) is 0 Å². The lowest BCUT2D eigenvalue weighted by Crippen LogP contribution is -2.29. The first-order chi connectivity index (χ1) is 16.2. The van der Waals surface area contributed by atoms with E-state index in [2.05, 4.69) is 44.5 Å². The molecule has 33 heavy (non-hydrogen) atoms. The number of nitrogens with one attached hydrogen (secondary N) is 1. The van der Waals surface area contributed by atoms with Gasteiger partial charge in [-0.3, -0.25) is 0 Å². The largest absolute Gasteiger partial charge is 0.457 e. The molecule has 0 amide bonds. The first kappa shape index (κ1) is 21.4. The molecule has 0 bridgehead atoms. The molecule has 168 valence electrons. The maximum Gasteiger partial charge on any atom is 0.349 e. The molecule has 4 aromatic rings. The number of fused-ring (bicyclic) bond motifs is 1. The van der Waals surface area contributed by atoms with E-state index in [1.54, 1.807) is 0 Å². The van der Waals surface area contributed by atoms with Gasteiger partial charge in [0.2, 0.25) is 0 Å². The fraction of sp³-hybridized carbons (Fsp3) is 0.269. The molecule has 1 aliphatic heterocycles. The number of piperidine rings is 1. The number of rotatable bonds is 6. The maximum absolute atomic E-state index is 12.8. The highest BCUT2D eigenvalue weighted by atomic mass is 32.1. The van der Waals surface area contributed by atoms with E-state index in [4.69, 9.17) is 4.74 Å². The number of esters is 1. The molecule has 1 N–H and O–H groups in total. The van der Waals surface area contributed by atoms with E-state index in [9.17, 15) is 4.79 Å². The Kier molecular flexibility index (Phi) is 6.21. The van der Waals surface area contributed by atoms with Gasteiger partial charge in [0.05, 0.1) is 5.39 Å². The molecule has 3 heterocycles. The normalized spacial score (nSPS) is 13.8. The molecule has 2 aromatic carbocycles. The predicted molar refractivity (Wildman–Crippen MR) is 134 cm³/mol. The van der Waals surface area contributed by atoms with Crippen molar-refractivity contribution in [2.75, 3.05) is 23.3 Å². The molecule has 5 rings (SSSR count). The summed E-state index contributed by atoms with van der Waals surface area (Å²) in [6.07, 6.45) is 5.36. The minimum Gasteiger partial charge on any atom is -0.457 e. The summed E-state index contributed by atoms with van der Waals surface area (Å²) in [5.41, 5.74) is 4.00. The summed E-state index contributed by atoms with van der Waals surface area (Å²) in [5, 5.41) is 4.27. The Morgan fingerprint density at radius 1 is 1.03 bits per heavy atom. The highest BCUT2D eigenvalue weighted by Gasteiger charge is 2.21. The molecule has 0 aliphatic carbocycles. The van der Waals surface area contributed by atoms with Crippen LogP contribution in [0.5, 0.6) is 0 Å². The lowest BCUT2D eigenvalue weighted by Gasteiger charge is -2.28. The second-order valence-electron chi connectivity index (χ2n) is 8.24.